The second kappa shape index (κ2) is 12.0. The first-order valence-corrected chi connectivity index (χ1v) is 14.4. The first-order chi connectivity index (χ1) is 20.5. The van der Waals surface area contributed by atoms with Crippen molar-refractivity contribution < 1.29 is 9.53 Å². The molecule has 1 aliphatic heterocycles. The number of nitriles is 1. The van der Waals surface area contributed by atoms with Crippen LogP contribution in [0, 0.1) is 11.3 Å². The molecule has 2 aromatic heterocycles. The number of hydrogen-bond donors (Lipinski definition) is 0. The number of carbonyl (C=O) groups is 1. The first kappa shape index (κ1) is 27.4. The summed E-state index contributed by atoms with van der Waals surface area (Å²) in [5, 5.41) is 15.6. The van der Waals surface area contributed by atoms with Crippen LogP contribution in [-0.4, -0.2) is 51.5 Å². The Morgan fingerprint density at radius 2 is 1.60 bits per heavy atom. The van der Waals surface area contributed by atoms with E-state index in [4.69, 9.17) is 21.4 Å². The highest BCUT2D eigenvalue weighted by molar-refractivity contribution is 7.07. The van der Waals surface area contributed by atoms with Gasteiger partial charge >= 0.3 is 0 Å². The first-order valence-electron chi connectivity index (χ1n) is 13.2. The minimum atomic E-state index is -0.419. The number of rotatable bonds is 5. The van der Waals surface area contributed by atoms with Crippen LogP contribution in [0.1, 0.15) is 5.56 Å². The second-order valence-electron chi connectivity index (χ2n) is 9.50. The van der Waals surface area contributed by atoms with Gasteiger partial charge in [-0.2, -0.15) is 10.4 Å². The van der Waals surface area contributed by atoms with E-state index in [0.717, 1.165) is 22.6 Å². The molecular weight excluding hydrogens is 570 g/mol. The van der Waals surface area contributed by atoms with E-state index >= 15 is 0 Å². The van der Waals surface area contributed by atoms with Crippen LogP contribution in [0.25, 0.3) is 34.3 Å². The topological polar surface area (TPSA) is 93.2 Å². The molecule has 0 spiro atoms. The normalized spacial score (nSPS) is 14.5. The molecule has 10 heteroatoms. The average Bonchev–Trinajstić information content (AvgIpc) is 3.60. The summed E-state index contributed by atoms with van der Waals surface area (Å²) in [5.74, 6) is -0.419. The third kappa shape index (κ3) is 5.43. The Kier molecular flexibility index (Phi) is 7.84. The van der Waals surface area contributed by atoms with E-state index < -0.39 is 5.91 Å². The van der Waals surface area contributed by atoms with Crippen LogP contribution in [0.3, 0.4) is 0 Å². The molecule has 0 aliphatic carbocycles. The van der Waals surface area contributed by atoms with Gasteiger partial charge < -0.3 is 9.64 Å². The molecule has 0 saturated carbocycles. The summed E-state index contributed by atoms with van der Waals surface area (Å²) in [6.45, 7) is 1.57. The van der Waals surface area contributed by atoms with Crippen molar-refractivity contribution in [2.24, 2.45) is 0 Å². The van der Waals surface area contributed by atoms with Gasteiger partial charge in [-0.15, -0.1) is 11.3 Å². The highest BCUT2D eigenvalue weighted by Gasteiger charge is 2.24. The van der Waals surface area contributed by atoms with Crippen LogP contribution in [0.2, 0.25) is 5.02 Å². The molecule has 208 valence electrons. The van der Waals surface area contributed by atoms with Gasteiger partial charge in [-0.05, 0) is 42.5 Å². The molecule has 1 amide bonds. The van der Waals surface area contributed by atoms with Gasteiger partial charge in [0.2, 0.25) is 0 Å². The van der Waals surface area contributed by atoms with Crippen LogP contribution in [0.4, 0.5) is 0 Å². The molecule has 1 fully saturated rings. The maximum Gasteiger partial charge on any atom is 0.273 e. The predicted molar refractivity (Wildman–Crippen MR) is 163 cm³/mol. The van der Waals surface area contributed by atoms with Crippen molar-refractivity contribution in [1.82, 2.24) is 19.2 Å². The fourth-order valence-electron chi connectivity index (χ4n) is 4.75. The molecule has 0 unspecified atom stereocenters. The highest BCUT2D eigenvalue weighted by atomic mass is 35.5. The summed E-state index contributed by atoms with van der Waals surface area (Å²) in [6, 6.07) is 28.1. The Labute approximate surface area is 250 Å². The number of para-hydroxylation sites is 2. The number of carbonyl (C=O) groups excluding carboxylic acids is 1. The molecule has 5 aromatic rings. The van der Waals surface area contributed by atoms with Crippen LogP contribution in [-0.2, 0) is 9.53 Å². The van der Waals surface area contributed by atoms with Crippen LogP contribution in [0.5, 0.6) is 0 Å². The number of amides is 1. The number of benzene rings is 3. The number of thiazole rings is 1. The average molecular weight is 594 g/mol. The summed E-state index contributed by atoms with van der Waals surface area (Å²) >= 11 is 7.26. The summed E-state index contributed by atoms with van der Waals surface area (Å²) < 4.78 is 9.22. The molecule has 0 atom stereocenters. The number of halogens is 1. The third-order valence-electron chi connectivity index (χ3n) is 6.84. The number of morpholine rings is 1. The van der Waals surface area contributed by atoms with Crippen molar-refractivity contribution in [3.05, 3.63) is 121 Å². The lowest BCUT2D eigenvalue weighted by Crippen LogP contribution is -2.42. The van der Waals surface area contributed by atoms with Gasteiger partial charge in [0, 0.05) is 35.4 Å². The van der Waals surface area contributed by atoms with E-state index in [0.29, 0.717) is 52.8 Å². The molecule has 6 rings (SSSR count). The Hall–Kier alpha value is -4.75. The number of aromatic nitrogens is 3. The van der Waals surface area contributed by atoms with Crippen molar-refractivity contribution in [1.29, 1.82) is 5.26 Å². The molecule has 3 heterocycles. The molecule has 42 heavy (non-hydrogen) atoms. The molecule has 1 aliphatic rings. The van der Waals surface area contributed by atoms with Crippen LogP contribution in [0.15, 0.2) is 95.9 Å². The Morgan fingerprint density at radius 3 is 2.24 bits per heavy atom. The van der Waals surface area contributed by atoms with E-state index in [9.17, 15) is 14.9 Å². The molecule has 0 N–H and O–H groups in total. The summed E-state index contributed by atoms with van der Waals surface area (Å²) in [4.78, 5) is 29.1. The zero-order valence-corrected chi connectivity index (χ0v) is 23.9. The summed E-state index contributed by atoms with van der Waals surface area (Å²) in [6.07, 6.45) is 3.62. The van der Waals surface area contributed by atoms with Crippen molar-refractivity contribution in [2.75, 3.05) is 26.3 Å². The van der Waals surface area contributed by atoms with E-state index in [1.54, 1.807) is 39.9 Å². The molecule has 3 aromatic carbocycles. The monoisotopic (exact) mass is 593 g/mol. The maximum absolute atomic E-state index is 14.0. The van der Waals surface area contributed by atoms with E-state index in [1.807, 2.05) is 66.9 Å². The van der Waals surface area contributed by atoms with Crippen LogP contribution < -0.4 is 14.8 Å². The van der Waals surface area contributed by atoms with E-state index in [1.165, 1.54) is 4.57 Å². The number of ether oxygens (including phenoxy) is 1. The minimum Gasteiger partial charge on any atom is -0.378 e. The van der Waals surface area contributed by atoms with Crippen molar-refractivity contribution >= 4 is 40.5 Å². The SMILES string of the molecule is N#C/C(C(=O)N1CCOCC1)=c1/s/c(=C\c2cn(-c3ccccc3)nc2-c2ccc(Cl)cc2)c(=O)n1-c1ccccc1. The fourth-order valence-corrected chi connectivity index (χ4v) is 5.97. The number of hydrogen-bond acceptors (Lipinski definition) is 6. The lowest BCUT2D eigenvalue weighted by Gasteiger charge is -2.26. The predicted octanol–water partition coefficient (Wildman–Crippen LogP) is 3.77. The molecule has 8 nitrogen and oxygen atoms in total. The smallest absolute Gasteiger partial charge is 0.273 e. The second-order valence-corrected chi connectivity index (χ2v) is 11.0. The van der Waals surface area contributed by atoms with E-state index in [2.05, 4.69) is 6.07 Å². The van der Waals surface area contributed by atoms with Crippen molar-refractivity contribution in [2.45, 2.75) is 0 Å². The van der Waals surface area contributed by atoms with Crippen molar-refractivity contribution in [3.63, 3.8) is 0 Å². The number of nitrogens with zero attached hydrogens (tertiary/aromatic N) is 5. The lowest BCUT2D eigenvalue weighted by molar-refractivity contribution is -0.128. The standard InChI is InChI=1S/C32H24ClN5O3S/c33-24-13-11-22(12-14-24)29-23(21-37(35-29)25-7-3-1-4-8-25)19-28-31(40)38(26-9-5-2-6-10-26)32(42-28)27(20-34)30(39)36-15-17-41-18-16-36/h1-14,19,21H,15-18H2/b28-19-,32-27-. The molecule has 0 bridgehead atoms. The Bertz CT molecular complexity index is 1970. The van der Waals surface area contributed by atoms with Gasteiger partial charge in [-0.1, -0.05) is 60.1 Å². The highest BCUT2D eigenvalue weighted by Crippen LogP contribution is 2.26. The lowest BCUT2D eigenvalue weighted by atomic mass is 10.1. The Balaban J connectivity index is 1.60. The van der Waals surface area contributed by atoms with Gasteiger partial charge in [-0.25, -0.2) is 4.68 Å². The quantitative estimate of drug-likeness (QED) is 0.309. The Morgan fingerprint density at radius 1 is 0.952 bits per heavy atom. The van der Waals surface area contributed by atoms with Crippen LogP contribution >= 0.6 is 22.9 Å². The minimum absolute atomic E-state index is 0.0830. The summed E-state index contributed by atoms with van der Waals surface area (Å²) in [5.41, 5.74) is 3.19. The van der Waals surface area contributed by atoms with Gasteiger partial charge in [0.1, 0.15) is 16.4 Å². The van der Waals surface area contributed by atoms with Gasteiger partial charge in [-0.3, -0.25) is 14.2 Å². The van der Waals surface area contributed by atoms with Gasteiger partial charge in [0.15, 0.2) is 5.57 Å². The fraction of sp³-hybridized carbons (Fsp3) is 0.125. The van der Waals surface area contributed by atoms with E-state index in [-0.39, 0.29) is 15.8 Å². The largest absolute Gasteiger partial charge is 0.378 e. The molecule has 0 radical (unpaired) electrons. The summed E-state index contributed by atoms with van der Waals surface area (Å²) in [7, 11) is 0. The van der Waals surface area contributed by atoms with Gasteiger partial charge in [0.25, 0.3) is 11.5 Å². The molecular formula is C32H24ClN5O3S. The zero-order valence-electron chi connectivity index (χ0n) is 22.3. The zero-order chi connectivity index (χ0) is 29.1. The molecule has 1 saturated heterocycles. The van der Waals surface area contributed by atoms with Crippen molar-refractivity contribution in [3.8, 4) is 28.7 Å². The third-order valence-corrected chi connectivity index (χ3v) is 8.19. The maximum atomic E-state index is 14.0. The van der Waals surface area contributed by atoms with Gasteiger partial charge in [0.05, 0.1) is 29.1 Å².